The molecular formula is C23H25FN6O2. The van der Waals surface area contributed by atoms with E-state index in [1.54, 1.807) is 0 Å². The van der Waals surface area contributed by atoms with Crippen molar-refractivity contribution >= 4 is 16.9 Å². The van der Waals surface area contributed by atoms with Crippen LogP contribution in [0.15, 0.2) is 53.3 Å². The third-order valence-corrected chi connectivity index (χ3v) is 5.13. The molecule has 0 unspecified atom stereocenters. The van der Waals surface area contributed by atoms with E-state index >= 15 is 0 Å². The fourth-order valence-electron chi connectivity index (χ4n) is 3.52. The molecule has 3 heterocycles. The highest BCUT2D eigenvalue weighted by atomic mass is 19.1. The van der Waals surface area contributed by atoms with Crippen molar-refractivity contribution in [1.82, 2.24) is 30.2 Å². The number of pyridine rings is 1. The molecule has 4 aromatic rings. The third kappa shape index (κ3) is 5.00. The number of oxazole rings is 1. The molecule has 0 spiro atoms. The second-order valence-electron chi connectivity index (χ2n) is 7.25. The van der Waals surface area contributed by atoms with Crippen molar-refractivity contribution in [3.63, 3.8) is 0 Å². The van der Waals surface area contributed by atoms with E-state index in [0.717, 1.165) is 36.4 Å². The number of para-hydroxylation sites is 2. The van der Waals surface area contributed by atoms with Crippen molar-refractivity contribution in [1.29, 1.82) is 0 Å². The van der Waals surface area contributed by atoms with E-state index in [9.17, 15) is 9.18 Å². The number of fused-ring (bicyclic) bond motifs is 1. The number of aromatic nitrogens is 4. The molecule has 9 heteroatoms. The second-order valence-corrected chi connectivity index (χ2v) is 7.25. The van der Waals surface area contributed by atoms with Gasteiger partial charge in [-0.25, -0.2) is 14.4 Å². The van der Waals surface area contributed by atoms with Crippen molar-refractivity contribution < 1.29 is 13.6 Å². The van der Waals surface area contributed by atoms with Crippen LogP contribution in [0.1, 0.15) is 34.8 Å². The second kappa shape index (κ2) is 10.1. The summed E-state index contributed by atoms with van der Waals surface area (Å²) in [5.74, 6) is 0.624. The van der Waals surface area contributed by atoms with Crippen molar-refractivity contribution in [2.75, 3.05) is 13.1 Å². The van der Waals surface area contributed by atoms with Gasteiger partial charge >= 0.3 is 0 Å². The summed E-state index contributed by atoms with van der Waals surface area (Å²) >= 11 is 0. The summed E-state index contributed by atoms with van der Waals surface area (Å²) in [7, 11) is 0. The average molecular weight is 436 g/mol. The molecule has 0 atom stereocenters. The molecule has 1 aromatic carbocycles. The lowest BCUT2D eigenvalue weighted by Gasteiger charge is -2.06. The lowest BCUT2D eigenvalue weighted by molar-refractivity contribution is 0.0945. The van der Waals surface area contributed by atoms with Gasteiger partial charge in [-0.15, -0.1) is 0 Å². The van der Waals surface area contributed by atoms with Gasteiger partial charge in [0.05, 0.1) is 23.3 Å². The number of nitrogens with zero attached hydrogens (tertiary/aromatic N) is 4. The molecule has 0 saturated carbocycles. The van der Waals surface area contributed by atoms with E-state index in [2.05, 4.69) is 38.2 Å². The van der Waals surface area contributed by atoms with Gasteiger partial charge in [-0.3, -0.25) is 9.78 Å². The molecule has 8 nitrogen and oxygen atoms in total. The Morgan fingerprint density at radius 3 is 2.81 bits per heavy atom. The smallest absolute Gasteiger partial charge is 0.273 e. The molecule has 0 aliphatic rings. The maximum atomic E-state index is 13.6. The Kier molecular flexibility index (Phi) is 6.86. The van der Waals surface area contributed by atoms with Crippen LogP contribution in [0, 0.1) is 5.82 Å². The van der Waals surface area contributed by atoms with Crippen molar-refractivity contribution in [3.8, 4) is 0 Å². The fraction of sp³-hybridized carbons (Fsp3) is 0.304. The predicted octanol–water partition coefficient (Wildman–Crippen LogP) is 2.88. The Morgan fingerprint density at radius 2 is 1.97 bits per heavy atom. The van der Waals surface area contributed by atoms with Crippen molar-refractivity contribution in [2.24, 2.45) is 0 Å². The van der Waals surface area contributed by atoms with Crippen LogP contribution in [0.25, 0.3) is 11.0 Å². The van der Waals surface area contributed by atoms with Crippen LogP contribution >= 0.6 is 0 Å². The minimum absolute atomic E-state index is 0.0161. The SMILES string of the molecule is CCn1c(CCNCCc2nc(C(=O)NCc3ncccc3F)co2)nc2ccccc21. The van der Waals surface area contributed by atoms with Crippen LogP contribution < -0.4 is 10.6 Å². The van der Waals surface area contributed by atoms with Gasteiger partial charge in [0.15, 0.2) is 11.6 Å². The standard InChI is InChI=1S/C23H25FN6O2/c1-2-30-20-8-4-3-7-17(20)28-21(30)9-12-25-13-10-22-29-19(15-32-22)23(31)27-14-18-16(24)6-5-11-26-18/h3-8,11,15,25H,2,9-10,12-14H2,1H3,(H,27,31). The van der Waals surface area contributed by atoms with E-state index < -0.39 is 11.7 Å². The third-order valence-electron chi connectivity index (χ3n) is 5.13. The number of rotatable bonds is 10. The molecule has 32 heavy (non-hydrogen) atoms. The van der Waals surface area contributed by atoms with Gasteiger partial charge in [0.1, 0.15) is 17.9 Å². The van der Waals surface area contributed by atoms with Gasteiger partial charge in [0.25, 0.3) is 5.91 Å². The van der Waals surface area contributed by atoms with Crippen LogP contribution in [-0.2, 0) is 25.9 Å². The van der Waals surface area contributed by atoms with Crippen LogP contribution in [0.4, 0.5) is 4.39 Å². The maximum Gasteiger partial charge on any atom is 0.273 e. The van der Waals surface area contributed by atoms with Gasteiger partial charge in [-0.2, -0.15) is 0 Å². The normalized spacial score (nSPS) is 11.2. The minimum Gasteiger partial charge on any atom is -0.448 e. The van der Waals surface area contributed by atoms with E-state index in [4.69, 9.17) is 9.40 Å². The molecule has 1 amide bonds. The maximum absolute atomic E-state index is 13.6. The van der Waals surface area contributed by atoms with Gasteiger partial charge in [-0.05, 0) is 31.2 Å². The van der Waals surface area contributed by atoms with Gasteiger partial charge in [0, 0.05) is 38.7 Å². The Labute approximate surface area is 184 Å². The minimum atomic E-state index is -0.464. The summed E-state index contributed by atoms with van der Waals surface area (Å²) in [6.07, 6.45) is 4.14. The topological polar surface area (TPSA) is 97.9 Å². The first kappa shape index (κ1) is 21.6. The van der Waals surface area contributed by atoms with E-state index in [-0.39, 0.29) is 17.9 Å². The summed E-state index contributed by atoms with van der Waals surface area (Å²) in [5, 5.41) is 5.96. The molecule has 0 aliphatic heterocycles. The number of nitrogens with one attached hydrogen (secondary N) is 2. The quantitative estimate of drug-likeness (QED) is 0.371. The Bertz CT molecular complexity index is 1200. The summed E-state index contributed by atoms with van der Waals surface area (Å²) in [6.45, 7) is 4.41. The number of halogens is 1. The molecule has 0 fully saturated rings. The molecule has 4 rings (SSSR count). The monoisotopic (exact) mass is 436 g/mol. The fourth-order valence-corrected chi connectivity index (χ4v) is 3.52. The largest absolute Gasteiger partial charge is 0.448 e. The number of amides is 1. The van der Waals surface area contributed by atoms with E-state index in [0.29, 0.717) is 18.9 Å². The number of carbonyl (C=O) groups is 1. The van der Waals surface area contributed by atoms with Crippen LogP contribution in [0.5, 0.6) is 0 Å². The Hall–Kier alpha value is -3.59. The number of aryl methyl sites for hydroxylation is 1. The summed E-state index contributed by atoms with van der Waals surface area (Å²) < 4.78 is 21.2. The first-order valence-corrected chi connectivity index (χ1v) is 10.6. The van der Waals surface area contributed by atoms with Gasteiger partial charge in [-0.1, -0.05) is 12.1 Å². The summed E-state index contributed by atoms with van der Waals surface area (Å²) in [6, 6.07) is 10.9. The zero-order valence-corrected chi connectivity index (χ0v) is 17.8. The lowest BCUT2D eigenvalue weighted by Crippen LogP contribution is -2.24. The molecule has 3 aromatic heterocycles. The molecule has 2 N–H and O–H groups in total. The lowest BCUT2D eigenvalue weighted by atomic mass is 10.3. The van der Waals surface area contributed by atoms with Crippen molar-refractivity contribution in [2.45, 2.75) is 32.9 Å². The first-order valence-electron chi connectivity index (χ1n) is 10.6. The highest BCUT2D eigenvalue weighted by molar-refractivity contribution is 5.91. The zero-order chi connectivity index (χ0) is 22.3. The number of imidazole rings is 1. The molecule has 0 bridgehead atoms. The van der Waals surface area contributed by atoms with Gasteiger partial charge in [0.2, 0.25) is 0 Å². The van der Waals surface area contributed by atoms with Gasteiger partial charge < -0.3 is 19.6 Å². The summed E-state index contributed by atoms with van der Waals surface area (Å²) in [4.78, 5) is 25.0. The Balaban J connectivity index is 1.22. The van der Waals surface area contributed by atoms with E-state index in [1.165, 1.54) is 24.6 Å². The molecule has 0 radical (unpaired) electrons. The zero-order valence-electron chi connectivity index (χ0n) is 17.8. The first-order chi connectivity index (χ1) is 15.7. The summed E-state index contributed by atoms with van der Waals surface area (Å²) in [5.41, 5.74) is 2.50. The number of carbonyl (C=O) groups excluding carboxylic acids is 1. The molecule has 0 aliphatic carbocycles. The molecule has 0 saturated heterocycles. The van der Waals surface area contributed by atoms with Crippen LogP contribution in [0.3, 0.4) is 0 Å². The number of hydrogen-bond acceptors (Lipinski definition) is 6. The van der Waals surface area contributed by atoms with Crippen molar-refractivity contribution in [3.05, 3.63) is 77.8 Å². The number of benzene rings is 1. The Morgan fingerprint density at radius 1 is 1.12 bits per heavy atom. The molecule has 166 valence electrons. The van der Waals surface area contributed by atoms with E-state index in [1.807, 2.05) is 18.2 Å². The highest BCUT2D eigenvalue weighted by Crippen LogP contribution is 2.16. The molecular weight excluding hydrogens is 411 g/mol. The predicted molar refractivity (Wildman–Crippen MR) is 118 cm³/mol. The average Bonchev–Trinajstić information content (AvgIpc) is 3.42. The van der Waals surface area contributed by atoms with Crippen LogP contribution in [-0.4, -0.2) is 38.5 Å². The highest BCUT2D eigenvalue weighted by Gasteiger charge is 2.13. The van der Waals surface area contributed by atoms with Crippen LogP contribution in [0.2, 0.25) is 0 Å². The number of hydrogen-bond donors (Lipinski definition) is 2.